The van der Waals surface area contributed by atoms with E-state index in [4.69, 9.17) is 4.74 Å². The zero-order valence-electron chi connectivity index (χ0n) is 24.0. The lowest BCUT2D eigenvalue weighted by atomic mass is 9.84. The fourth-order valence-corrected chi connectivity index (χ4v) is 6.55. The molecule has 2 aromatic rings. The maximum absolute atomic E-state index is 14.0. The van der Waals surface area contributed by atoms with Crippen molar-refractivity contribution in [2.24, 2.45) is 28.6 Å². The first-order chi connectivity index (χ1) is 18.8. The standard InChI is InChI=1S/C30H40N4O6/c1-29(2,3)25(20(36)14-35)33-27(38)24-22-17(30(22,4)5)13-34(24)28(39)23(15-10-11-15)32-26(37)19-12-16-18(31-19)8-7-9-21(16)40-6/h7-9,12,15,17,22-25,31,35H,10-11,13-14H2,1-6H3,(H,32,37)(H,33,38)/t17-,22-,23?,24-,25?/m0/s1. The molecule has 40 heavy (non-hydrogen) atoms. The van der Waals surface area contributed by atoms with Crippen LogP contribution in [0.15, 0.2) is 24.3 Å². The van der Waals surface area contributed by atoms with Gasteiger partial charge in [0.15, 0.2) is 5.78 Å². The summed E-state index contributed by atoms with van der Waals surface area (Å²) in [5, 5.41) is 16.1. The number of carbonyl (C=O) groups is 4. The molecular weight excluding hydrogens is 512 g/mol. The van der Waals surface area contributed by atoms with Crippen LogP contribution in [0.5, 0.6) is 5.75 Å². The van der Waals surface area contributed by atoms with Crippen molar-refractivity contribution < 1.29 is 29.0 Å². The Kier molecular flexibility index (Phi) is 6.97. The molecule has 2 saturated carbocycles. The van der Waals surface area contributed by atoms with Crippen LogP contribution in [-0.2, 0) is 14.4 Å². The van der Waals surface area contributed by atoms with E-state index in [2.05, 4.69) is 29.5 Å². The van der Waals surface area contributed by atoms with Crippen LogP contribution in [0, 0.1) is 28.6 Å². The number of H-pyrrole nitrogens is 1. The average molecular weight is 553 g/mol. The molecule has 1 saturated heterocycles. The molecule has 0 radical (unpaired) electrons. The van der Waals surface area contributed by atoms with Gasteiger partial charge in [-0.1, -0.05) is 40.7 Å². The summed E-state index contributed by atoms with van der Waals surface area (Å²) in [6, 6.07) is 4.82. The van der Waals surface area contributed by atoms with Crippen molar-refractivity contribution in [1.82, 2.24) is 20.5 Å². The number of aromatic amines is 1. The van der Waals surface area contributed by atoms with E-state index >= 15 is 0 Å². The predicted molar refractivity (Wildman–Crippen MR) is 149 cm³/mol. The number of Topliss-reactive ketones (excluding diaryl/α,β-unsaturated/α-hetero) is 1. The molecule has 3 fully saturated rings. The molecule has 10 nitrogen and oxygen atoms in total. The number of hydrogen-bond acceptors (Lipinski definition) is 6. The third kappa shape index (κ3) is 4.87. The minimum absolute atomic E-state index is 0.00213. The molecule has 216 valence electrons. The van der Waals surface area contributed by atoms with Crippen molar-refractivity contribution in [3.8, 4) is 5.75 Å². The Morgan fingerprint density at radius 1 is 1.18 bits per heavy atom. The molecule has 5 rings (SSSR count). The number of hydrogen-bond donors (Lipinski definition) is 4. The van der Waals surface area contributed by atoms with Crippen LogP contribution in [0.25, 0.3) is 10.9 Å². The molecule has 0 bridgehead atoms. The van der Waals surface area contributed by atoms with Gasteiger partial charge >= 0.3 is 0 Å². The Bertz CT molecular complexity index is 1350. The number of carbonyl (C=O) groups excluding carboxylic acids is 4. The molecule has 5 atom stereocenters. The summed E-state index contributed by atoms with van der Waals surface area (Å²) in [7, 11) is 1.57. The first-order valence-corrected chi connectivity index (χ1v) is 14.0. The summed E-state index contributed by atoms with van der Waals surface area (Å²) in [6.45, 7) is 9.40. The zero-order valence-corrected chi connectivity index (χ0v) is 24.0. The molecular formula is C30H40N4O6. The Labute approximate surface area is 234 Å². The molecule has 2 unspecified atom stereocenters. The van der Waals surface area contributed by atoms with Crippen LogP contribution < -0.4 is 15.4 Å². The monoisotopic (exact) mass is 552 g/mol. The van der Waals surface area contributed by atoms with Gasteiger partial charge in [-0.05, 0) is 59.6 Å². The number of likely N-dealkylation sites (tertiary alicyclic amines) is 1. The van der Waals surface area contributed by atoms with E-state index in [1.54, 1.807) is 18.1 Å². The maximum atomic E-state index is 14.0. The number of rotatable bonds is 9. The van der Waals surface area contributed by atoms with Crippen LogP contribution in [0.1, 0.15) is 57.9 Å². The second-order valence-electron chi connectivity index (χ2n) is 13.2. The van der Waals surface area contributed by atoms with Crippen molar-refractivity contribution in [3.05, 3.63) is 30.0 Å². The molecule has 2 aliphatic carbocycles. The summed E-state index contributed by atoms with van der Waals surface area (Å²) < 4.78 is 5.41. The van der Waals surface area contributed by atoms with Gasteiger partial charge in [-0.25, -0.2) is 0 Å². The Morgan fingerprint density at radius 2 is 1.88 bits per heavy atom. The van der Waals surface area contributed by atoms with E-state index in [-0.39, 0.29) is 29.1 Å². The second-order valence-corrected chi connectivity index (χ2v) is 13.2. The van der Waals surface area contributed by atoms with Crippen LogP contribution in [0.2, 0.25) is 0 Å². The number of aliphatic hydroxyl groups excluding tert-OH is 1. The van der Waals surface area contributed by atoms with Gasteiger partial charge in [0.05, 0.1) is 13.2 Å². The van der Waals surface area contributed by atoms with Crippen molar-refractivity contribution >= 4 is 34.4 Å². The summed E-state index contributed by atoms with van der Waals surface area (Å²) in [5.41, 5.74) is 0.351. The van der Waals surface area contributed by atoms with Gasteiger partial charge in [0.25, 0.3) is 5.91 Å². The summed E-state index contributed by atoms with van der Waals surface area (Å²) in [4.78, 5) is 58.3. The average Bonchev–Trinajstić information content (AvgIpc) is 3.68. The molecule has 3 aliphatic rings. The molecule has 1 aromatic heterocycles. The minimum atomic E-state index is -0.888. The number of ketones is 1. The highest BCUT2D eigenvalue weighted by molar-refractivity contribution is 6.02. The van der Waals surface area contributed by atoms with Crippen molar-refractivity contribution in [3.63, 3.8) is 0 Å². The number of aliphatic hydroxyl groups is 1. The van der Waals surface area contributed by atoms with E-state index in [0.29, 0.717) is 18.0 Å². The Morgan fingerprint density at radius 3 is 2.48 bits per heavy atom. The van der Waals surface area contributed by atoms with Gasteiger partial charge in [-0.3, -0.25) is 19.2 Å². The van der Waals surface area contributed by atoms with Gasteiger partial charge in [0.1, 0.15) is 30.1 Å². The zero-order chi connectivity index (χ0) is 29.1. The number of ether oxygens (including phenoxy) is 1. The topological polar surface area (TPSA) is 141 Å². The molecule has 1 aromatic carbocycles. The van der Waals surface area contributed by atoms with Crippen molar-refractivity contribution in [1.29, 1.82) is 0 Å². The lowest BCUT2D eigenvalue weighted by Gasteiger charge is -2.36. The number of benzene rings is 1. The number of nitrogens with zero attached hydrogens (tertiary/aromatic N) is 1. The second kappa shape index (κ2) is 9.90. The first kappa shape index (κ1) is 28.1. The van der Waals surface area contributed by atoms with E-state index in [0.717, 1.165) is 23.7 Å². The van der Waals surface area contributed by atoms with Crippen molar-refractivity contribution in [2.45, 2.75) is 65.6 Å². The lowest BCUT2D eigenvalue weighted by Crippen LogP contribution is -2.59. The number of aromatic nitrogens is 1. The van der Waals surface area contributed by atoms with Crippen LogP contribution in [-0.4, -0.2) is 76.9 Å². The quantitative estimate of drug-likeness (QED) is 0.376. The number of nitrogens with one attached hydrogen (secondary N) is 3. The number of fused-ring (bicyclic) bond motifs is 2. The Hall–Kier alpha value is -3.40. The minimum Gasteiger partial charge on any atom is -0.496 e. The first-order valence-electron chi connectivity index (χ1n) is 14.0. The van der Waals surface area contributed by atoms with E-state index in [1.807, 2.05) is 39.0 Å². The molecule has 10 heteroatoms. The maximum Gasteiger partial charge on any atom is 0.268 e. The lowest BCUT2D eigenvalue weighted by molar-refractivity contribution is -0.143. The molecule has 4 N–H and O–H groups in total. The van der Waals surface area contributed by atoms with Crippen LogP contribution in [0.4, 0.5) is 0 Å². The van der Waals surface area contributed by atoms with Gasteiger partial charge in [0.2, 0.25) is 11.8 Å². The number of piperidine rings is 1. The number of methoxy groups -OCH3 is 1. The highest BCUT2D eigenvalue weighted by Gasteiger charge is 2.70. The smallest absolute Gasteiger partial charge is 0.268 e. The molecule has 3 amide bonds. The number of amides is 3. The third-order valence-electron chi connectivity index (χ3n) is 9.13. The van der Waals surface area contributed by atoms with Crippen LogP contribution >= 0.6 is 0 Å². The predicted octanol–water partition coefficient (Wildman–Crippen LogP) is 2.26. The van der Waals surface area contributed by atoms with Gasteiger partial charge < -0.3 is 30.4 Å². The molecule has 0 spiro atoms. The largest absolute Gasteiger partial charge is 0.496 e. The van der Waals surface area contributed by atoms with E-state index in [1.165, 1.54) is 0 Å². The summed E-state index contributed by atoms with van der Waals surface area (Å²) in [6.07, 6.45) is 1.63. The van der Waals surface area contributed by atoms with E-state index in [9.17, 15) is 24.3 Å². The fraction of sp³-hybridized carbons (Fsp3) is 0.600. The third-order valence-corrected chi connectivity index (χ3v) is 9.13. The van der Waals surface area contributed by atoms with Gasteiger partial charge in [-0.15, -0.1) is 0 Å². The van der Waals surface area contributed by atoms with E-state index < -0.39 is 47.7 Å². The molecule has 2 heterocycles. The fourth-order valence-electron chi connectivity index (χ4n) is 6.55. The normalized spacial score (nSPS) is 24.7. The summed E-state index contributed by atoms with van der Waals surface area (Å²) >= 11 is 0. The molecule has 1 aliphatic heterocycles. The highest BCUT2D eigenvalue weighted by atomic mass is 16.5. The van der Waals surface area contributed by atoms with Gasteiger partial charge in [-0.2, -0.15) is 0 Å². The van der Waals surface area contributed by atoms with Crippen molar-refractivity contribution in [2.75, 3.05) is 20.3 Å². The van der Waals surface area contributed by atoms with Crippen LogP contribution in [0.3, 0.4) is 0 Å². The SMILES string of the molecule is COc1cccc2[nH]c(C(=O)NC(C(=O)N3C[C@H]4[C@@H]([C@H]3C(=O)NC(C(=O)CO)C(C)(C)C)C4(C)C)C3CC3)cc12. The highest BCUT2D eigenvalue weighted by Crippen LogP contribution is 2.65. The summed E-state index contributed by atoms with van der Waals surface area (Å²) in [5.74, 6) is -0.767. The Balaban J connectivity index is 1.37. The van der Waals surface area contributed by atoms with Gasteiger partial charge in [0, 0.05) is 17.4 Å².